The molecule has 168 valence electrons. The van der Waals surface area contributed by atoms with Gasteiger partial charge in [0.15, 0.2) is 0 Å². The Morgan fingerprint density at radius 2 is 1.70 bits per heavy atom. The summed E-state index contributed by atoms with van der Waals surface area (Å²) in [7, 11) is 0. The molecule has 1 heterocycles. The van der Waals surface area contributed by atoms with E-state index in [4.69, 9.17) is 5.73 Å². The van der Waals surface area contributed by atoms with Gasteiger partial charge < -0.3 is 16.0 Å². The van der Waals surface area contributed by atoms with Gasteiger partial charge in [-0.1, -0.05) is 54.6 Å². The van der Waals surface area contributed by atoms with E-state index in [1.807, 2.05) is 111 Å². The van der Waals surface area contributed by atoms with Crippen LogP contribution in [0.2, 0.25) is 0 Å². The molecule has 0 radical (unpaired) electrons. The number of para-hydroxylation sites is 1. The van der Waals surface area contributed by atoms with Crippen molar-refractivity contribution in [2.75, 3.05) is 11.9 Å². The first-order valence-electron chi connectivity index (χ1n) is 11.1. The Hall–Kier alpha value is -3.70. The van der Waals surface area contributed by atoms with E-state index in [1.54, 1.807) is 0 Å². The Labute approximate surface area is 195 Å². The molecule has 4 rings (SSSR count). The maximum atomic E-state index is 13.5. The van der Waals surface area contributed by atoms with Gasteiger partial charge in [-0.3, -0.25) is 9.78 Å². The van der Waals surface area contributed by atoms with E-state index in [-0.39, 0.29) is 5.91 Å². The highest BCUT2D eigenvalue weighted by Gasteiger charge is 2.23. The van der Waals surface area contributed by atoms with E-state index in [9.17, 15) is 4.79 Å². The Bertz CT molecular complexity index is 1260. The summed E-state index contributed by atoms with van der Waals surface area (Å²) in [5, 5.41) is 4.52. The van der Waals surface area contributed by atoms with Crippen LogP contribution in [0, 0.1) is 6.92 Å². The van der Waals surface area contributed by atoms with Crippen LogP contribution in [0.4, 0.5) is 11.4 Å². The summed E-state index contributed by atoms with van der Waals surface area (Å²) >= 11 is 0. The van der Waals surface area contributed by atoms with E-state index in [0.717, 1.165) is 33.5 Å². The number of rotatable bonds is 7. The molecule has 0 aliphatic carbocycles. The highest BCUT2D eigenvalue weighted by atomic mass is 16.2. The molecule has 4 aromatic rings. The fourth-order valence-corrected chi connectivity index (χ4v) is 3.97. The third-order valence-corrected chi connectivity index (χ3v) is 5.33. The Kier molecular flexibility index (Phi) is 6.43. The summed E-state index contributed by atoms with van der Waals surface area (Å²) in [6, 6.07) is 27.7. The molecule has 0 saturated carbocycles. The van der Waals surface area contributed by atoms with Gasteiger partial charge >= 0.3 is 0 Å². The van der Waals surface area contributed by atoms with E-state index >= 15 is 0 Å². The average Bonchev–Trinajstić information content (AvgIpc) is 2.78. The minimum atomic E-state index is -0.506. The van der Waals surface area contributed by atoms with E-state index in [2.05, 4.69) is 10.3 Å². The molecule has 0 aliphatic heterocycles. The van der Waals surface area contributed by atoms with Gasteiger partial charge in [0.2, 0.25) is 0 Å². The number of aryl methyl sites for hydroxylation is 1. The van der Waals surface area contributed by atoms with Gasteiger partial charge in [-0.25, -0.2) is 0 Å². The Morgan fingerprint density at radius 1 is 0.970 bits per heavy atom. The van der Waals surface area contributed by atoms with Crippen molar-refractivity contribution < 1.29 is 4.79 Å². The van der Waals surface area contributed by atoms with Gasteiger partial charge in [-0.15, -0.1) is 0 Å². The topological polar surface area (TPSA) is 71.2 Å². The second kappa shape index (κ2) is 9.43. The number of benzene rings is 3. The quantitative estimate of drug-likeness (QED) is 0.390. The zero-order chi connectivity index (χ0) is 23.4. The van der Waals surface area contributed by atoms with Crippen molar-refractivity contribution in [2.24, 2.45) is 5.73 Å². The highest BCUT2D eigenvalue weighted by Crippen LogP contribution is 2.27. The van der Waals surface area contributed by atoms with Gasteiger partial charge in [0.05, 0.1) is 5.52 Å². The van der Waals surface area contributed by atoms with Crippen LogP contribution in [0.1, 0.15) is 35.5 Å². The van der Waals surface area contributed by atoms with Crippen molar-refractivity contribution in [1.29, 1.82) is 0 Å². The molecule has 33 heavy (non-hydrogen) atoms. The lowest BCUT2D eigenvalue weighted by Crippen LogP contribution is -2.47. The van der Waals surface area contributed by atoms with Crippen molar-refractivity contribution in [3.05, 3.63) is 102 Å². The zero-order valence-corrected chi connectivity index (χ0v) is 19.4. The van der Waals surface area contributed by atoms with Crippen molar-refractivity contribution in [2.45, 2.75) is 32.9 Å². The Balaban J connectivity index is 1.62. The standard InChI is InChI=1S/C28H30N4O/c1-20-16-26(24-14-7-8-15-25(24)30-20)31-23-13-9-12-22(17-23)27(33)32(19-28(2,3)29)18-21-10-5-4-6-11-21/h4-17H,18-19,29H2,1-3H3,(H,30,31). The van der Waals surface area contributed by atoms with Gasteiger partial charge in [-0.05, 0) is 56.7 Å². The number of hydrogen-bond acceptors (Lipinski definition) is 4. The fourth-order valence-electron chi connectivity index (χ4n) is 3.97. The van der Waals surface area contributed by atoms with E-state index in [0.29, 0.717) is 18.7 Å². The van der Waals surface area contributed by atoms with Gasteiger partial charge in [-0.2, -0.15) is 0 Å². The second-order valence-electron chi connectivity index (χ2n) is 9.17. The molecule has 0 saturated heterocycles. The molecule has 0 unspecified atom stereocenters. The van der Waals surface area contributed by atoms with Crippen molar-refractivity contribution in [3.8, 4) is 0 Å². The number of aromatic nitrogens is 1. The molecule has 0 aliphatic rings. The largest absolute Gasteiger partial charge is 0.355 e. The molecule has 5 nitrogen and oxygen atoms in total. The summed E-state index contributed by atoms with van der Waals surface area (Å²) in [6.07, 6.45) is 0. The number of carbonyl (C=O) groups excluding carboxylic acids is 1. The highest BCUT2D eigenvalue weighted by molar-refractivity contribution is 5.97. The molecule has 1 amide bonds. The summed E-state index contributed by atoms with van der Waals surface area (Å²) < 4.78 is 0. The SMILES string of the molecule is Cc1cc(Nc2cccc(C(=O)N(Cc3ccccc3)CC(C)(C)N)c2)c2ccccc2n1. The van der Waals surface area contributed by atoms with Crippen LogP contribution >= 0.6 is 0 Å². The minimum absolute atomic E-state index is 0.0446. The first-order chi connectivity index (χ1) is 15.8. The molecule has 1 aromatic heterocycles. The molecular weight excluding hydrogens is 408 g/mol. The monoisotopic (exact) mass is 438 g/mol. The normalized spacial score (nSPS) is 11.4. The van der Waals surface area contributed by atoms with Crippen LogP contribution < -0.4 is 11.1 Å². The lowest BCUT2D eigenvalue weighted by atomic mass is 10.0. The number of anilines is 2. The average molecular weight is 439 g/mol. The van der Waals surface area contributed by atoms with Crippen LogP contribution in [0.5, 0.6) is 0 Å². The zero-order valence-electron chi connectivity index (χ0n) is 19.4. The van der Waals surface area contributed by atoms with Crippen molar-refractivity contribution in [1.82, 2.24) is 9.88 Å². The third-order valence-electron chi connectivity index (χ3n) is 5.33. The number of nitrogens with two attached hydrogens (primary N) is 1. The lowest BCUT2D eigenvalue weighted by molar-refractivity contribution is 0.0710. The van der Waals surface area contributed by atoms with Crippen molar-refractivity contribution >= 4 is 28.2 Å². The molecule has 5 heteroatoms. The number of nitrogens with zero attached hydrogens (tertiary/aromatic N) is 2. The van der Waals surface area contributed by atoms with E-state index in [1.165, 1.54) is 0 Å². The van der Waals surface area contributed by atoms with Crippen molar-refractivity contribution in [3.63, 3.8) is 0 Å². The number of fused-ring (bicyclic) bond motifs is 1. The third kappa shape index (κ3) is 5.76. The van der Waals surface area contributed by atoms with Gasteiger partial charge in [0, 0.05) is 46.6 Å². The molecule has 3 N–H and O–H groups in total. The van der Waals surface area contributed by atoms with Gasteiger partial charge in [0.1, 0.15) is 0 Å². The fraction of sp³-hybridized carbons (Fsp3) is 0.214. The minimum Gasteiger partial charge on any atom is -0.355 e. The van der Waals surface area contributed by atoms with Crippen LogP contribution in [0.25, 0.3) is 10.9 Å². The molecule has 0 fully saturated rings. The van der Waals surface area contributed by atoms with E-state index < -0.39 is 5.54 Å². The predicted molar refractivity (Wildman–Crippen MR) is 136 cm³/mol. The molecule has 3 aromatic carbocycles. The lowest BCUT2D eigenvalue weighted by Gasteiger charge is -2.30. The summed E-state index contributed by atoms with van der Waals surface area (Å²) in [6.45, 7) is 6.81. The Morgan fingerprint density at radius 3 is 2.45 bits per heavy atom. The summed E-state index contributed by atoms with van der Waals surface area (Å²) in [5.74, 6) is -0.0446. The summed E-state index contributed by atoms with van der Waals surface area (Å²) in [5.41, 5.74) is 11.2. The molecule has 0 spiro atoms. The molecular formula is C28H30N4O. The molecule has 0 bridgehead atoms. The summed E-state index contributed by atoms with van der Waals surface area (Å²) in [4.78, 5) is 20.0. The van der Waals surface area contributed by atoms with Crippen LogP contribution in [0.15, 0.2) is 84.9 Å². The smallest absolute Gasteiger partial charge is 0.254 e. The number of hydrogen-bond donors (Lipinski definition) is 2. The first-order valence-corrected chi connectivity index (χ1v) is 11.1. The first kappa shape index (κ1) is 22.5. The number of pyridine rings is 1. The maximum absolute atomic E-state index is 13.5. The number of carbonyl (C=O) groups is 1. The van der Waals surface area contributed by atoms with Crippen LogP contribution in [0.3, 0.4) is 0 Å². The number of amides is 1. The maximum Gasteiger partial charge on any atom is 0.254 e. The number of nitrogens with one attached hydrogen (secondary N) is 1. The van der Waals surface area contributed by atoms with Gasteiger partial charge in [0.25, 0.3) is 5.91 Å². The predicted octanol–water partition coefficient (Wildman–Crippen LogP) is 5.67. The second-order valence-corrected chi connectivity index (χ2v) is 9.17. The van der Waals surface area contributed by atoms with Crippen LogP contribution in [-0.2, 0) is 6.54 Å². The van der Waals surface area contributed by atoms with Crippen LogP contribution in [-0.4, -0.2) is 27.9 Å². The molecule has 0 atom stereocenters.